The number of nitrogens with two attached hydrogens (primary N) is 1. The topological polar surface area (TPSA) is 86.3 Å². The monoisotopic (exact) mass is 435 g/mol. The lowest BCUT2D eigenvalue weighted by Gasteiger charge is -2.33. The van der Waals surface area contributed by atoms with Gasteiger partial charge in [0.15, 0.2) is 0 Å². The lowest BCUT2D eigenvalue weighted by atomic mass is 9.95. The lowest BCUT2D eigenvalue weighted by Crippen LogP contribution is -2.41. The Bertz CT molecular complexity index is 1060. The molecule has 7 nitrogen and oxygen atoms in total. The second kappa shape index (κ2) is 10.2. The number of methoxy groups -OCH3 is 1. The fourth-order valence-corrected chi connectivity index (χ4v) is 4.71. The zero-order valence-electron chi connectivity index (χ0n) is 19.0. The van der Waals surface area contributed by atoms with Gasteiger partial charge >= 0.3 is 0 Å². The zero-order chi connectivity index (χ0) is 22.5. The molecule has 2 atom stereocenters. The van der Waals surface area contributed by atoms with E-state index in [4.69, 9.17) is 15.5 Å². The molecule has 1 aliphatic rings. The van der Waals surface area contributed by atoms with E-state index in [1.165, 1.54) is 0 Å². The van der Waals surface area contributed by atoms with Crippen LogP contribution in [0.1, 0.15) is 54.6 Å². The molecule has 0 radical (unpaired) electrons. The molecule has 170 valence electrons. The highest BCUT2D eigenvalue weighted by atomic mass is 16.5. The Hall–Kier alpha value is -2.77. The van der Waals surface area contributed by atoms with Gasteiger partial charge in [0, 0.05) is 64.1 Å². The Morgan fingerprint density at radius 3 is 2.97 bits per heavy atom. The summed E-state index contributed by atoms with van der Waals surface area (Å²) in [6, 6.07) is 9.86. The van der Waals surface area contributed by atoms with Crippen molar-refractivity contribution in [2.45, 2.75) is 51.1 Å². The van der Waals surface area contributed by atoms with Crippen LogP contribution >= 0.6 is 0 Å². The average Bonchev–Trinajstić information content (AvgIpc) is 3.18. The number of carbonyl (C=O) groups is 1. The predicted molar refractivity (Wildman–Crippen MR) is 125 cm³/mol. The molecule has 0 spiro atoms. The molecule has 1 fully saturated rings. The SMILES string of the molecule is COCCCn1c([C@@H]2CCCN(C(=O)C[C@H](N)c3cnccc3C)C2)nc2ccccc21. The molecule has 1 aromatic carbocycles. The number of ether oxygens (including phenoxy) is 1. The number of rotatable bonds is 8. The van der Waals surface area contributed by atoms with Crippen molar-refractivity contribution in [3.63, 3.8) is 0 Å². The molecule has 7 heteroatoms. The summed E-state index contributed by atoms with van der Waals surface area (Å²) in [6.45, 7) is 5.04. The Kier molecular flexibility index (Phi) is 7.17. The smallest absolute Gasteiger partial charge is 0.224 e. The minimum atomic E-state index is -0.338. The van der Waals surface area contributed by atoms with Gasteiger partial charge in [-0.25, -0.2) is 4.98 Å². The second-order valence-corrected chi connectivity index (χ2v) is 8.68. The van der Waals surface area contributed by atoms with Crippen LogP contribution in [0, 0.1) is 6.92 Å². The van der Waals surface area contributed by atoms with Gasteiger partial charge in [0.1, 0.15) is 5.82 Å². The molecule has 0 unspecified atom stereocenters. The number of hydrogen-bond acceptors (Lipinski definition) is 5. The summed E-state index contributed by atoms with van der Waals surface area (Å²) in [6.07, 6.45) is 6.75. The van der Waals surface area contributed by atoms with Gasteiger partial charge in [-0.2, -0.15) is 0 Å². The third-order valence-corrected chi connectivity index (χ3v) is 6.43. The normalized spacial score (nSPS) is 17.6. The van der Waals surface area contributed by atoms with Crippen molar-refractivity contribution in [1.29, 1.82) is 0 Å². The first-order valence-corrected chi connectivity index (χ1v) is 11.5. The van der Waals surface area contributed by atoms with Crippen LogP contribution in [-0.2, 0) is 16.1 Å². The first-order chi connectivity index (χ1) is 15.6. The first-order valence-electron chi connectivity index (χ1n) is 11.5. The molecule has 32 heavy (non-hydrogen) atoms. The fraction of sp³-hybridized carbons (Fsp3) is 0.480. The van der Waals surface area contributed by atoms with Crippen LogP contribution in [0.3, 0.4) is 0 Å². The maximum absolute atomic E-state index is 13.1. The largest absolute Gasteiger partial charge is 0.385 e. The van der Waals surface area contributed by atoms with Gasteiger partial charge in [-0.3, -0.25) is 9.78 Å². The van der Waals surface area contributed by atoms with Crippen LogP contribution in [0.25, 0.3) is 11.0 Å². The van der Waals surface area contributed by atoms with Crippen molar-refractivity contribution in [3.8, 4) is 0 Å². The standard InChI is InChI=1S/C25H33N5O2/c1-18-10-11-27-16-20(18)21(26)15-24(31)29-12-5-7-19(17-29)25-28-22-8-3-4-9-23(22)30(25)13-6-14-32-2/h3-4,8-11,16,19,21H,5-7,12-15,17,26H2,1-2H3/t19-,21+/m1/s1. The third-order valence-electron chi connectivity index (χ3n) is 6.43. The number of aromatic nitrogens is 3. The highest BCUT2D eigenvalue weighted by molar-refractivity contribution is 5.78. The number of piperidine rings is 1. The number of hydrogen-bond donors (Lipinski definition) is 1. The van der Waals surface area contributed by atoms with Crippen molar-refractivity contribution in [3.05, 3.63) is 59.7 Å². The van der Waals surface area contributed by atoms with E-state index < -0.39 is 0 Å². The zero-order valence-corrected chi connectivity index (χ0v) is 19.0. The van der Waals surface area contributed by atoms with Gasteiger partial charge in [-0.1, -0.05) is 12.1 Å². The first kappa shape index (κ1) is 22.4. The quantitative estimate of drug-likeness (QED) is 0.547. The summed E-state index contributed by atoms with van der Waals surface area (Å²) in [5, 5.41) is 0. The highest BCUT2D eigenvalue weighted by Crippen LogP contribution is 2.30. The van der Waals surface area contributed by atoms with E-state index in [1.54, 1.807) is 19.5 Å². The Balaban J connectivity index is 1.50. The number of nitrogens with zero attached hydrogens (tertiary/aromatic N) is 4. The molecule has 1 aliphatic heterocycles. The maximum Gasteiger partial charge on any atom is 0.224 e. The van der Waals surface area contributed by atoms with E-state index in [9.17, 15) is 4.79 Å². The van der Waals surface area contributed by atoms with Gasteiger partial charge in [0.2, 0.25) is 5.91 Å². The summed E-state index contributed by atoms with van der Waals surface area (Å²) in [7, 11) is 1.73. The molecule has 0 aliphatic carbocycles. The molecule has 3 heterocycles. The van der Waals surface area contributed by atoms with Gasteiger partial charge in [0.05, 0.1) is 11.0 Å². The number of carbonyl (C=O) groups excluding carboxylic acids is 1. The molecule has 2 aromatic heterocycles. The average molecular weight is 436 g/mol. The fourth-order valence-electron chi connectivity index (χ4n) is 4.71. The van der Waals surface area contributed by atoms with Crippen molar-refractivity contribution < 1.29 is 9.53 Å². The summed E-state index contributed by atoms with van der Waals surface area (Å²) in [4.78, 5) is 24.2. The number of benzene rings is 1. The molecule has 1 saturated heterocycles. The summed E-state index contributed by atoms with van der Waals surface area (Å²) >= 11 is 0. The Morgan fingerprint density at radius 1 is 1.31 bits per heavy atom. The molecule has 3 aromatic rings. The summed E-state index contributed by atoms with van der Waals surface area (Å²) in [5.41, 5.74) is 10.5. The molecule has 4 rings (SSSR count). The van der Waals surface area contributed by atoms with Crippen molar-refractivity contribution in [2.75, 3.05) is 26.8 Å². The van der Waals surface area contributed by atoms with E-state index in [0.29, 0.717) is 19.6 Å². The summed E-state index contributed by atoms with van der Waals surface area (Å²) in [5.74, 6) is 1.40. The minimum absolute atomic E-state index is 0.104. The Morgan fingerprint density at radius 2 is 2.16 bits per heavy atom. The number of pyridine rings is 1. The molecule has 2 N–H and O–H groups in total. The number of fused-ring (bicyclic) bond motifs is 1. The van der Waals surface area contributed by atoms with Gasteiger partial charge in [-0.05, 0) is 55.5 Å². The highest BCUT2D eigenvalue weighted by Gasteiger charge is 2.29. The van der Waals surface area contributed by atoms with Crippen LogP contribution < -0.4 is 5.73 Å². The van der Waals surface area contributed by atoms with Gasteiger partial charge in [0.25, 0.3) is 0 Å². The van der Waals surface area contributed by atoms with Crippen LogP contribution in [0.5, 0.6) is 0 Å². The summed E-state index contributed by atoms with van der Waals surface area (Å²) < 4.78 is 7.58. The number of amides is 1. The number of aryl methyl sites for hydroxylation is 2. The lowest BCUT2D eigenvalue weighted by molar-refractivity contribution is -0.132. The molecule has 1 amide bonds. The molecule has 0 saturated carbocycles. The van der Waals surface area contributed by atoms with E-state index in [2.05, 4.69) is 27.8 Å². The minimum Gasteiger partial charge on any atom is -0.385 e. The van der Waals surface area contributed by atoms with Crippen LogP contribution in [0.2, 0.25) is 0 Å². The maximum atomic E-state index is 13.1. The van der Waals surface area contributed by atoms with Crippen LogP contribution in [0.4, 0.5) is 0 Å². The molecular formula is C25H33N5O2. The van der Waals surface area contributed by atoms with Crippen molar-refractivity contribution >= 4 is 16.9 Å². The van der Waals surface area contributed by atoms with E-state index >= 15 is 0 Å². The van der Waals surface area contributed by atoms with Crippen molar-refractivity contribution in [2.24, 2.45) is 5.73 Å². The number of para-hydroxylation sites is 2. The van der Waals surface area contributed by atoms with E-state index in [0.717, 1.165) is 60.3 Å². The number of likely N-dealkylation sites (tertiary alicyclic amines) is 1. The van der Waals surface area contributed by atoms with E-state index in [-0.39, 0.29) is 17.9 Å². The third kappa shape index (κ3) is 4.84. The Labute approximate surface area is 189 Å². The molecular weight excluding hydrogens is 402 g/mol. The van der Waals surface area contributed by atoms with Gasteiger partial charge < -0.3 is 19.9 Å². The van der Waals surface area contributed by atoms with Crippen LogP contribution in [0.15, 0.2) is 42.7 Å². The second-order valence-electron chi connectivity index (χ2n) is 8.68. The van der Waals surface area contributed by atoms with Crippen LogP contribution in [-0.4, -0.2) is 52.1 Å². The van der Waals surface area contributed by atoms with Gasteiger partial charge in [-0.15, -0.1) is 0 Å². The molecule has 0 bridgehead atoms. The van der Waals surface area contributed by atoms with Crippen molar-refractivity contribution in [1.82, 2.24) is 19.4 Å². The number of imidazole rings is 1. The van der Waals surface area contributed by atoms with E-state index in [1.807, 2.05) is 24.0 Å². The predicted octanol–water partition coefficient (Wildman–Crippen LogP) is 3.57.